The summed E-state index contributed by atoms with van der Waals surface area (Å²) >= 11 is 13.5. The second-order valence-corrected chi connectivity index (χ2v) is 37.9. The van der Waals surface area contributed by atoms with Gasteiger partial charge in [-0.1, -0.05) is 0 Å². The fourth-order valence-corrected chi connectivity index (χ4v) is 24.4. The molecule has 0 spiro atoms. The number of hydrogen-bond donors (Lipinski definition) is 0. The second-order valence-electron chi connectivity index (χ2n) is 28.9. The minimum absolute atomic E-state index is 0.141. The molecule has 494 valence electrons. The first kappa shape index (κ1) is 67.1. The van der Waals surface area contributed by atoms with Gasteiger partial charge >= 0.3 is 17.9 Å². The van der Waals surface area contributed by atoms with Gasteiger partial charge in [0.15, 0.2) is 34.5 Å². The maximum absolute atomic E-state index is 13.4. The van der Waals surface area contributed by atoms with Crippen LogP contribution >= 0.6 is 136 Å². The third kappa shape index (κ3) is 13.7. The molecule has 0 radical (unpaired) electrons. The first-order chi connectivity index (χ1) is 45.2. The van der Waals surface area contributed by atoms with Crippen LogP contribution in [0.15, 0.2) is 124 Å². The summed E-state index contributed by atoms with van der Waals surface area (Å²) in [5, 5.41) is 0. The molecule has 6 aromatic rings. The Bertz CT molecular complexity index is 3420. The maximum Gasteiger partial charge on any atom is 0.344 e. The van der Waals surface area contributed by atoms with Crippen LogP contribution in [0.2, 0.25) is 0 Å². The molecule has 12 nitrogen and oxygen atoms in total. The van der Waals surface area contributed by atoms with E-state index in [1.54, 1.807) is 0 Å². The highest BCUT2D eigenvalue weighted by Gasteiger charge is 2.60. The molecular weight excluding hydrogens is 1890 g/mol. The van der Waals surface area contributed by atoms with E-state index in [0.717, 1.165) is 71.6 Å². The normalized spacial score (nSPS) is 31.4. The molecule has 0 saturated heterocycles. The average molecular weight is 1960 g/mol. The Morgan fingerprint density at radius 2 is 0.532 bits per heavy atom. The molecule has 6 aromatic carbocycles. The van der Waals surface area contributed by atoms with Crippen LogP contribution in [0.3, 0.4) is 0 Å². The van der Waals surface area contributed by atoms with Crippen LogP contribution in [-0.2, 0) is 39.5 Å². The van der Waals surface area contributed by atoms with Gasteiger partial charge in [-0.2, -0.15) is 0 Å². The number of ether oxygens (including phenoxy) is 9. The Morgan fingerprint density at radius 3 is 0.755 bits per heavy atom. The summed E-state index contributed by atoms with van der Waals surface area (Å²) in [6.07, 6.45) is 18.1. The van der Waals surface area contributed by atoms with Crippen molar-refractivity contribution in [2.24, 2.45) is 71.0 Å². The summed E-state index contributed by atoms with van der Waals surface area (Å²) in [5.74, 6) is 12.4. The van der Waals surface area contributed by atoms with Gasteiger partial charge < -0.3 is 42.6 Å². The van der Waals surface area contributed by atoms with E-state index in [9.17, 15) is 14.4 Å². The molecule has 0 aliphatic heterocycles. The molecule has 0 aromatic heterocycles. The number of carbonyl (C=O) groups is 3. The van der Waals surface area contributed by atoms with E-state index in [4.69, 9.17) is 42.6 Å². The zero-order valence-electron chi connectivity index (χ0n) is 52.6. The molecule has 0 unspecified atom stereocenters. The van der Waals surface area contributed by atoms with Crippen molar-refractivity contribution in [2.45, 2.75) is 149 Å². The van der Waals surface area contributed by atoms with Crippen molar-refractivity contribution in [3.8, 4) is 51.7 Å². The van der Waals surface area contributed by atoms with Gasteiger partial charge in [0.1, 0.15) is 68.5 Å². The summed E-state index contributed by atoms with van der Waals surface area (Å²) in [4.78, 5) is 43.4. The van der Waals surface area contributed by atoms with Gasteiger partial charge in [-0.3, -0.25) is 0 Å². The van der Waals surface area contributed by atoms with Crippen molar-refractivity contribution in [3.63, 3.8) is 0 Å². The van der Waals surface area contributed by atoms with E-state index in [1.165, 1.54) is 96.3 Å². The monoisotopic (exact) mass is 1960 g/mol. The molecule has 94 heavy (non-hydrogen) atoms. The van der Waals surface area contributed by atoms with Crippen molar-refractivity contribution >= 4 is 164 Å². The SMILES string of the molecule is CC1(OC(=O)COc2cc(I)c(Oc3ccc([S+](c4ccc(Oc5cc(I)c(OCC(=O)OC6(C)C7CC8CC(C7)CC6C8)cc5I)cc4)c4ccc(Oc5cc(I)c(OCC(=O)OC6(C)C7CC8CC(C7)CC6C8)cc5I)cc4)cc3)cc2I)C2CC3CC(C2)CC1C3. The van der Waals surface area contributed by atoms with Crippen molar-refractivity contribution < 1.29 is 57.0 Å². The summed E-state index contributed by atoms with van der Waals surface area (Å²) in [6, 6.07) is 36.3. The summed E-state index contributed by atoms with van der Waals surface area (Å²) in [7, 11) is -0.589. The van der Waals surface area contributed by atoms with Crippen LogP contribution in [0.1, 0.15) is 117 Å². The molecule has 12 fully saturated rings. The minimum atomic E-state index is -0.589. The van der Waals surface area contributed by atoms with Crippen LogP contribution in [-0.4, -0.2) is 54.5 Å². The minimum Gasteiger partial charge on any atom is -0.481 e. The lowest BCUT2D eigenvalue weighted by molar-refractivity contribution is -0.205. The third-order valence-corrected chi connectivity index (χ3v) is 30.4. The van der Waals surface area contributed by atoms with Crippen molar-refractivity contribution in [2.75, 3.05) is 19.8 Å². The molecule has 19 heteroatoms. The van der Waals surface area contributed by atoms with Crippen LogP contribution in [0.5, 0.6) is 51.7 Å². The van der Waals surface area contributed by atoms with E-state index in [1.807, 2.05) is 72.8 Å². The fraction of sp³-hybridized carbons (Fsp3) is 0.480. The number of halogens is 6. The number of carbonyl (C=O) groups excluding carboxylic acids is 3. The Balaban J connectivity index is 0.619. The first-order valence-electron chi connectivity index (χ1n) is 33.3. The lowest BCUT2D eigenvalue weighted by Gasteiger charge is -2.59. The molecule has 12 aliphatic carbocycles. The van der Waals surface area contributed by atoms with E-state index in [2.05, 4.69) is 193 Å². The molecule has 0 N–H and O–H groups in total. The van der Waals surface area contributed by atoms with Gasteiger partial charge in [-0.05, 0) is 433 Å². The quantitative estimate of drug-likeness (QED) is 0.0294. The number of benzene rings is 6. The Morgan fingerprint density at radius 1 is 0.330 bits per heavy atom. The van der Waals surface area contributed by atoms with Gasteiger partial charge in [-0.25, -0.2) is 14.4 Å². The zero-order valence-corrected chi connectivity index (χ0v) is 66.4. The summed E-state index contributed by atoms with van der Waals surface area (Å²) in [6.45, 7) is 6.08. The molecule has 0 atom stereocenters. The van der Waals surface area contributed by atoms with Crippen molar-refractivity contribution in [3.05, 3.63) is 131 Å². The Labute approximate surface area is 635 Å². The average Bonchev–Trinajstić information content (AvgIpc) is 0.756. The largest absolute Gasteiger partial charge is 0.481 e. The van der Waals surface area contributed by atoms with E-state index >= 15 is 0 Å². The van der Waals surface area contributed by atoms with Crippen molar-refractivity contribution in [1.29, 1.82) is 0 Å². The van der Waals surface area contributed by atoms with Crippen LogP contribution in [0, 0.1) is 92.4 Å². The van der Waals surface area contributed by atoms with Gasteiger partial charge in [0.05, 0.1) is 32.3 Å². The van der Waals surface area contributed by atoms with E-state index in [-0.39, 0.29) is 37.7 Å². The second kappa shape index (κ2) is 27.3. The topological polar surface area (TPSA) is 134 Å². The van der Waals surface area contributed by atoms with E-state index in [0.29, 0.717) is 87.3 Å². The maximum atomic E-state index is 13.4. The highest BCUT2D eigenvalue weighted by molar-refractivity contribution is 14.1. The molecule has 0 amide bonds. The molecule has 0 heterocycles. The van der Waals surface area contributed by atoms with E-state index < -0.39 is 27.7 Å². The van der Waals surface area contributed by atoms with Crippen molar-refractivity contribution in [1.82, 2.24) is 0 Å². The lowest BCUT2D eigenvalue weighted by Crippen LogP contribution is -2.58. The molecule has 12 aliphatic rings. The van der Waals surface area contributed by atoms with Crippen LogP contribution < -0.4 is 28.4 Å². The summed E-state index contributed by atoms with van der Waals surface area (Å²) < 4.78 is 62.2. The van der Waals surface area contributed by atoms with Gasteiger partial charge in [0.2, 0.25) is 0 Å². The molecule has 18 rings (SSSR count). The van der Waals surface area contributed by atoms with Gasteiger partial charge in [-0.15, -0.1) is 0 Å². The van der Waals surface area contributed by atoms with Crippen LogP contribution in [0.4, 0.5) is 0 Å². The Hall–Kier alpha value is -2.74. The Kier molecular flexibility index (Phi) is 19.5. The van der Waals surface area contributed by atoms with Crippen LogP contribution in [0.25, 0.3) is 0 Å². The molecular formula is C75H75I6O12S+. The smallest absolute Gasteiger partial charge is 0.344 e. The van der Waals surface area contributed by atoms with Gasteiger partial charge in [0, 0.05) is 0 Å². The zero-order chi connectivity index (χ0) is 64.9. The van der Waals surface area contributed by atoms with Gasteiger partial charge in [0.25, 0.3) is 0 Å². The number of esters is 3. The fourth-order valence-electron chi connectivity index (χ4n) is 18.9. The predicted molar refractivity (Wildman–Crippen MR) is 408 cm³/mol. The standard InChI is InChI=1S/C75H75I6O12S/c1-73(46-19-40-16-41(21-46)22-47(73)20-40)91-70(82)37-85-64-31-61(79)67(34-58(64)76)88-52-4-10-55(11-5-52)94(56-12-6-53(7-13-56)89-68-35-59(77)65(32-62(68)80)86-38-71(83)92-74(2)48-23-42-17-43(25-48)26-49(74)24-42)57-14-8-54(9-15-57)90-69-36-60(78)66(33-63(69)81)87-39-72(84)93-75(3)50-27-44-18-45(29-50)30-51(75)28-44/h4-15,31-36,40-51H,16-30,37-39H2,1-3H3/q+1. The molecule has 12 bridgehead atoms. The third-order valence-electron chi connectivity index (χ3n) is 23.1. The number of rotatable bonds is 21. The number of hydrogen-bond acceptors (Lipinski definition) is 12. The first-order valence-corrected chi connectivity index (χ1v) is 41.0. The lowest BCUT2D eigenvalue weighted by atomic mass is 9.50. The predicted octanol–water partition coefficient (Wildman–Crippen LogP) is 20.2. The highest BCUT2D eigenvalue weighted by Crippen LogP contribution is 2.62. The highest BCUT2D eigenvalue weighted by atomic mass is 127. The summed E-state index contributed by atoms with van der Waals surface area (Å²) in [5.41, 5.74) is -1.21. The molecule has 12 saturated carbocycles.